The van der Waals surface area contributed by atoms with Crippen LogP contribution in [-0.4, -0.2) is 60.4 Å². The Labute approximate surface area is 215 Å². The second kappa shape index (κ2) is 10.6. The summed E-state index contributed by atoms with van der Waals surface area (Å²) in [6, 6.07) is 18.5. The number of anilines is 3. The lowest BCUT2D eigenvalue weighted by Crippen LogP contribution is -2.40. The lowest BCUT2D eigenvalue weighted by atomic mass is 10.2. The van der Waals surface area contributed by atoms with Crippen LogP contribution in [-0.2, 0) is 19.6 Å². The predicted octanol–water partition coefficient (Wildman–Crippen LogP) is 3.11. The second-order valence-electron chi connectivity index (χ2n) is 8.47. The van der Waals surface area contributed by atoms with Crippen LogP contribution in [0, 0.1) is 0 Å². The number of rotatable bonds is 7. The highest BCUT2D eigenvalue weighted by molar-refractivity contribution is 7.92. The zero-order valence-corrected chi connectivity index (χ0v) is 21.0. The number of carbonyl (C=O) groups is 1. The number of hydrogen-bond donors (Lipinski definition) is 2. The van der Waals surface area contributed by atoms with E-state index in [0.29, 0.717) is 60.6 Å². The van der Waals surface area contributed by atoms with Crippen LogP contribution in [0.1, 0.15) is 0 Å². The molecule has 2 aliphatic heterocycles. The maximum atomic E-state index is 13.5. The Kier molecular flexibility index (Phi) is 7.06. The van der Waals surface area contributed by atoms with E-state index in [1.165, 1.54) is 13.2 Å². The fraction of sp³-hybridized carbons (Fsp3) is 0.269. The first-order chi connectivity index (χ1) is 17.9. The lowest BCUT2D eigenvalue weighted by molar-refractivity contribution is -0.125. The number of hydrogen-bond acceptors (Lipinski definition) is 8. The van der Waals surface area contributed by atoms with Gasteiger partial charge < -0.3 is 29.2 Å². The van der Waals surface area contributed by atoms with Crippen LogP contribution in [0.5, 0.6) is 17.2 Å². The van der Waals surface area contributed by atoms with Gasteiger partial charge in [-0.3, -0.25) is 9.52 Å². The van der Waals surface area contributed by atoms with Crippen LogP contribution < -0.4 is 29.1 Å². The third-order valence-electron chi connectivity index (χ3n) is 6.01. The van der Waals surface area contributed by atoms with Crippen LogP contribution >= 0.6 is 0 Å². The van der Waals surface area contributed by atoms with E-state index in [1.54, 1.807) is 54.6 Å². The molecule has 2 heterocycles. The number of nitrogens with zero attached hydrogens (tertiary/aromatic N) is 1. The van der Waals surface area contributed by atoms with Crippen molar-refractivity contribution >= 4 is 33.0 Å². The molecule has 2 aliphatic rings. The fourth-order valence-corrected chi connectivity index (χ4v) is 5.42. The third kappa shape index (κ3) is 5.57. The largest absolute Gasteiger partial charge is 0.497 e. The Hall–Kier alpha value is -3.96. The monoisotopic (exact) mass is 525 g/mol. The minimum absolute atomic E-state index is 0.0363. The molecule has 0 spiro atoms. The molecule has 1 saturated heterocycles. The molecule has 0 aromatic heterocycles. The lowest BCUT2D eigenvalue weighted by Gasteiger charge is -2.31. The Morgan fingerprint density at radius 3 is 2.41 bits per heavy atom. The smallest absolute Gasteiger partial charge is 0.269 e. The van der Waals surface area contributed by atoms with Crippen LogP contribution in [0.4, 0.5) is 17.1 Å². The Morgan fingerprint density at radius 2 is 1.68 bits per heavy atom. The molecule has 194 valence electrons. The van der Waals surface area contributed by atoms with Gasteiger partial charge in [-0.05, 0) is 54.6 Å². The topological polar surface area (TPSA) is 115 Å². The van der Waals surface area contributed by atoms with E-state index in [4.69, 9.17) is 18.9 Å². The van der Waals surface area contributed by atoms with Crippen molar-refractivity contribution in [2.75, 3.05) is 55.0 Å². The molecule has 2 N–H and O–H groups in total. The first kappa shape index (κ1) is 24.7. The molecule has 0 saturated carbocycles. The van der Waals surface area contributed by atoms with Gasteiger partial charge in [-0.2, -0.15) is 0 Å². The van der Waals surface area contributed by atoms with Crippen molar-refractivity contribution in [2.45, 2.75) is 11.0 Å². The van der Waals surface area contributed by atoms with Gasteiger partial charge in [-0.15, -0.1) is 0 Å². The van der Waals surface area contributed by atoms with E-state index in [0.717, 1.165) is 0 Å². The molecule has 1 amide bonds. The maximum Gasteiger partial charge on any atom is 0.269 e. The summed E-state index contributed by atoms with van der Waals surface area (Å²) in [4.78, 5) is 14.9. The first-order valence-corrected chi connectivity index (χ1v) is 13.2. The molecular weight excluding hydrogens is 498 g/mol. The number of nitrogens with one attached hydrogen (secondary N) is 2. The quantitative estimate of drug-likeness (QED) is 0.484. The summed E-state index contributed by atoms with van der Waals surface area (Å²) in [5.74, 6) is 1.21. The Balaban J connectivity index is 1.41. The molecule has 11 heteroatoms. The van der Waals surface area contributed by atoms with Crippen LogP contribution in [0.2, 0.25) is 0 Å². The molecule has 0 radical (unpaired) electrons. The minimum atomic E-state index is -4.02. The number of ether oxygens (including phenoxy) is 4. The maximum absolute atomic E-state index is 13.5. The zero-order chi connectivity index (χ0) is 25.8. The van der Waals surface area contributed by atoms with Crippen molar-refractivity contribution in [3.05, 3.63) is 66.7 Å². The highest BCUT2D eigenvalue weighted by Gasteiger charge is 2.29. The standard InChI is InChI=1S/C26H27N3O7S/c1-33-20-9-6-18(7-10-20)28-37(31,32)25-16-19(8-11-21(25)29-12-14-34-15-13-29)27-26(30)24-17-35-22-4-2-3-5-23(22)36-24/h2-11,16,24,28H,12-15,17H2,1H3,(H,27,30)/t24-/m0/s1. The minimum Gasteiger partial charge on any atom is -0.497 e. The number of fused-ring (bicyclic) bond motifs is 1. The Bertz CT molecular complexity index is 1370. The molecule has 0 bridgehead atoms. The molecule has 0 unspecified atom stereocenters. The number of para-hydroxylation sites is 2. The number of sulfonamides is 1. The van der Waals surface area contributed by atoms with Gasteiger partial charge in [-0.25, -0.2) is 8.42 Å². The normalized spacial score (nSPS) is 17.1. The number of benzene rings is 3. The van der Waals surface area contributed by atoms with Crippen molar-refractivity contribution in [3.63, 3.8) is 0 Å². The highest BCUT2D eigenvalue weighted by Crippen LogP contribution is 2.33. The molecular formula is C26H27N3O7S. The summed E-state index contributed by atoms with van der Waals surface area (Å²) in [5.41, 5.74) is 1.22. The molecule has 37 heavy (non-hydrogen) atoms. The third-order valence-corrected chi connectivity index (χ3v) is 7.42. The van der Waals surface area contributed by atoms with E-state index >= 15 is 0 Å². The van der Waals surface area contributed by atoms with Gasteiger partial charge in [0, 0.05) is 24.5 Å². The Morgan fingerprint density at radius 1 is 0.973 bits per heavy atom. The van der Waals surface area contributed by atoms with Gasteiger partial charge in [0.2, 0.25) is 6.10 Å². The van der Waals surface area contributed by atoms with Gasteiger partial charge in [0.1, 0.15) is 17.3 Å². The molecule has 0 aliphatic carbocycles. The van der Waals surface area contributed by atoms with Gasteiger partial charge in [-0.1, -0.05) is 12.1 Å². The van der Waals surface area contributed by atoms with Crippen LogP contribution in [0.25, 0.3) is 0 Å². The van der Waals surface area contributed by atoms with Gasteiger partial charge in [0.05, 0.1) is 26.0 Å². The molecule has 10 nitrogen and oxygen atoms in total. The van der Waals surface area contributed by atoms with E-state index in [-0.39, 0.29) is 11.5 Å². The van der Waals surface area contributed by atoms with Crippen molar-refractivity contribution in [1.82, 2.24) is 0 Å². The molecule has 3 aromatic carbocycles. The highest BCUT2D eigenvalue weighted by atomic mass is 32.2. The molecule has 1 fully saturated rings. The molecule has 5 rings (SSSR count). The van der Waals surface area contributed by atoms with Crippen molar-refractivity contribution < 1.29 is 32.2 Å². The summed E-state index contributed by atoms with van der Waals surface area (Å²) in [6.07, 6.45) is -0.883. The van der Waals surface area contributed by atoms with E-state index in [9.17, 15) is 13.2 Å². The number of carbonyl (C=O) groups excluding carboxylic acids is 1. The summed E-state index contributed by atoms with van der Waals surface area (Å²) < 4.78 is 51.7. The van der Waals surface area contributed by atoms with E-state index < -0.39 is 22.0 Å². The summed E-state index contributed by atoms with van der Waals surface area (Å²) >= 11 is 0. The molecule has 3 aromatic rings. The SMILES string of the molecule is COc1ccc(NS(=O)(=O)c2cc(NC(=O)[C@@H]3COc4ccccc4O3)ccc2N2CCOCC2)cc1. The molecule has 1 atom stereocenters. The van der Waals surface area contributed by atoms with E-state index in [1.807, 2.05) is 11.0 Å². The van der Waals surface area contributed by atoms with Gasteiger partial charge in [0.15, 0.2) is 11.5 Å². The number of methoxy groups -OCH3 is 1. The average Bonchev–Trinajstić information content (AvgIpc) is 2.93. The van der Waals surface area contributed by atoms with Crippen LogP contribution in [0.15, 0.2) is 71.6 Å². The van der Waals surface area contributed by atoms with Gasteiger partial charge in [0.25, 0.3) is 15.9 Å². The van der Waals surface area contributed by atoms with E-state index in [2.05, 4.69) is 10.0 Å². The average molecular weight is 526 g/mol. The van der Waals surface area contributed by atoms with Crippen molar-refractivity contribution in [2.24, 2.45) is 0 Å². The second-order valence-corrected chi connectivity index (χ2v) is 10.1. The fourth-order valence-electron chi connectivity index (χ4n) is 4.11. The summed E-state index contributed by atoms with van der Waals surface area (Å²) in [6.45, 7) is 2.11. The summed E-state index contributed by atoms with van der Waals surface area (Å²) in [7, 11) is -2.48. The van der Waals surface area contributed by atoms with Crippen LogP contribution in [0.3, 0.4) is 0 Å². The predicted molar refractivity (Wildman–Crippen MR) is 138 cm³/mol. The summed E-state index contributed by atoms with van der Waals surface area (Å²) in [5, 5.41) is 2.77. The van der Waals surface area contributed by atoms with Gasteiger partial charge >= 0.3 is 0 Å². The number of morpholine rings is 1. The van der Waals surface area contributed by atoms with Crippen molar-refractivity contribution in [3.8, 4) is 17.2 Å². The zero-order valence-electron chi connectivity index (χ0n) is 20.2. The van der Waals surface area contributed by atoms with Crippen molar-refractivity contribution in [1.29, 1.82) is 0 Å². The first-order valence-electron chi connectivity index (χ1n) is 11.8. The number of amides is 1.